The Kier molecular flexibility index (Phi) is 5.37. The highest BCUT2D eigenvalue weighted by molar-refractivity contribution is 7.89. The van der Waals surface area contributed by atoms with Crippen LogP contribution in [0, 0.1) is 5.92 Å². The average molecular weight is 264 g/mol. The largest absolute Gasteiger partial charge is 0.383 e. The molecule has 0 spiro atoms. The molecule has 0 aromatic heterocycles. The summed E-state index contributed by atoms with van der Waals surface area (Å²) in [5.41, 5.74) is -0.546. The van der Waals surface area contributed by atoms with Crippen LogP contribution in [0.4, 0.5) is 0 Å². The second-order valence-electron chi connectivity index (χ2n) is 5.41. The maximum atomic E-state index is 12.0. The van der Waals surface area contributed by atoms with Gasteiger partial charge < -0.3 is 10.1 Å². The minimum absolute atomic E-state index is 0.202. The van der Waals surface area contributed by atoms with Crippen LogP contribution in [0.5, 0.6) is 0 Å². The van der Waals surface area contributed by atoms with Crippen LogP contribution >= 0.6 is 0 Å². The molecule has 0 aliphatic carbocycles. The van der Waals surface area contributed by atoms with Crippen molar-refractivity contribution in [3.05, 3.63) is 0 Å². The molecule has 1 unspecified atom stereocenters. The van der Waals surface area contributed by atoms with Gasteiger partial charge in [0.05, 0.1) is 17.9 Å². The van der Waals surface area contributed by atoms with Crippen molar-refractivity contribution in [2.24, 2.45) is 5.92 Å². The second kappa shape index (κ2) is 6.13. The van der Waals surface area contributed by atoms with Gasteiger partial charge in [-0.1, -0.05) is 0 Å². The predicted molar refractivity (Wildman–Crippen MR) is 68.5 cm³/mol. The third kappa shape index (κ3) is 5.81. The zero-order valence-electron chi connectivity index (χ0n) is 11.0. The number of ether oxygens (including phenoxy) is 1. The molecule has 17 heavy (non-hydrogen) atoms. The second-order valence-corrected chi connectivity index (χ2v) is 7.18. The van der Waals surface area contributed by atoms with Gasteiger partial charge in [-0.3, -0.25) is 0 Å². The third-order valence-corrected chi connectivity index (χ3v) is 4.56. The summed E-state index contributed by atoms with van der Waals surface area (Å²) in [6.07, 6.45) is 2.04. The Bertz CT molecular complexity index is 322. The van der Waals surface area contributed by atoms with Gasteiger partial charge in [0.15, 0.2) is 0 Å². The molecule has 1 saturated heterocycles. The van der Waals surface area contributed by atoms with Crippen LogP contribution in [0.15, 0.2) is 0 Å². The van der Waals surface area contributed by atoms with Crippen molar-refractivity contribution in [1.82, 2.24) is 10.0 Å². The molecule has 0 saturated carbocycles. The van der Waals surface area contributed by atoms with Gasteiger partial charge in [0.1, 0.15) is 0 Å². The zero-order chi connectivity index (χ0) is 12.9. The van der Waals surface area contributed by atoms with Crippen molar-refractivity contribution in [2.45, 2.75) is 32.2 Å². The van der Waals surface area contributed by atoms with Crippen molar-refractivity contribution in [2.75, 3.05) is 32.6 Å². The summed E-state index contributed by atoms with van der Waals surface area (Å²) in [6.45, 7) is 5.82. The van der Waals surface area contributed by atoms with E-state index in [9.17, 15) is 8.42 Å². The van der Waals surface area contributed by atoms with Gasteiger partial charge >= 0.3 is 0 Å². The van der Waals surface area contributed by atoms with E-state index in [0.717, 1.165) is 25.9 Å². The van der Waals surface area contributed by atoms with Crippen molar-refractivity contribution in [1.29, 1.82) is 0 Å². The molecule has 1 atom stereocenters. The van der Waals surface area contributed by atoms with Crippen LogP contribution in [0.3, 0.4) is 0 Å². The number of sulfonamides is 1. The fourth-order valence-corrected chi connectivity index (χ4v) is 4.12. The van der Waals surface area contributed by atoms with Crippen molar-refractivity contribution >= 4 is 10.0 Å². The van der Waals surface area contributed by atoms with Crippen LogP contribution in [0.2, 0.25) is 0 Å². The molecule has 6 heteroatoms. The lowest BCUT2D eigenvalue weighted by molar-refractivity contribution is 0.141. The fourth-order valence-electron chi connectivity index (χ4n) is 2.23. The number of hydrogen-bond donors (Lipinski definition) is 2. The lowest BCUT2D eigenvalue weighted by atomic mass is 10.0. The van der Waals surface area contributed by atoms with Crippen LogP contribution in [-0.2, 0) is 14.8 Å². The molecule has 0 radical (unpaired) electrons. The predicted octanol–water partition coefficient (Wildman–Crippen LogP) is 0.330. The highest BCUT2D eigenvalue weighted by Gasteiger charge is 2.27. The molecule has 5 nitrogen and oxygen atoms in total. The van der Waals surface area contributed by atoms with E-state index in [4.69, 9.17) is 4.74 Å². The van der Waals surface area contributed by atoms with Gasteiger partial charge in [0.2, 0.25) is 10.0 Å². The Hall–Kier alpha value is -0.170. The number of piperidine rings is 1. The highest BCUT2D eigenvalue weighted by Crippen LogP contribution is 2.14. The summed E-state index contributed by atoms with van der Waals surface area (Å²) >= 11 is 0. The summed E-state index contributed by atoms with van der Waals surface area (Å²) in [5, 5.41) is 3.23. The molecule has 0 amide bonds. The summed E-state index contributed by atoms with van der Waals surface area (Å²) in [4.78, 5) is 0. The SMILES string of the molecule is COCC(C)(C)NS(=O)(=O)CC1CCCNC1. The molecule has 1 rings (SSSR count). The van der Waals surface area contributed by atoms with Gasteiger partial charge in [0, 0.05) is 7.11 Å². The Labute approximate surface area is 104 Å². The maximum Gasteiger partial charge on any atom is 0.212 e. The summed E-state index contributed by atoms with van der Waals surface area (Å²) in [5.74, 6) is 0.423. The zero-order valence-corrected chi connectivity index (χ0v) is 11.8. The molecule has 2 N–H and O–H groups in total. The van der Waals surface area contributed by atoms with Gasteiger partial charge in [-0.15, -0.1) is 0 Å². The van der Waals surface area contributed by atoms with Gasteiger partial charge in [-0.05, 0) is 45.7 Å². The van der Waals surface area contributed by atoms with Crippen LogP contribution in [0.25, 0.3) is 0 Å². The molecule has 0 aromatic carbocycles. The molecule has 0 bridgehead atoms. The van der Waals surface area contributed by atoms with E-state index in [0.29, 0.717) is 6.61 Å². The lowest BCUT2D eigenvalue weighted by Crippen LogP contribution is -2.49. The van der Waals surface area contributed by atoms with E-state index >= 15 is 0 Å². The van der Waals surface area contributed by atoms with E-state index in [1.54, 1.807) is 7.11 Å². The van der Waals surface area contributed by atoms with E-state index in [2.05, 4.69) is 10.0 Å². The van der Waals surface area contributed by atoms with E-state index in [1.807, 2.05) is 13.8 Å². The number of hydrogen-bond acceptors (Lipinski definition) is 4. The Morgan fingerprint density at radius 3 is 2.71 bits per heavy atom. The maximum absolute atomic E-state index is 12.0. The molecule has 1 aliphatic rings. The van der Waals surface area contributed by atoms with Gasteiger partial charge in [0.25, 0.3) is 0 Å². The third-order valence-electron chi connectivity index (χ3n) is 2.79. The normalized spacial score (nSPS) is 22.6. The van der Waals surface area contributed by atoms with Crippen LogP contribution in [0.1, 0.15) is 26.7 Å². The molecule has 1 aliphatic heterocycles. The molecule has 1 heterocycles. The van der Waals surface area contributed by atoms with Crippen molar-refractivity contribution < 1.29 is 13.2 Å². The molecule has 1 fully saturated rings. The Balaban J connectivity index is 2.50. The molecular weight excluding hydrogens is 240 g/mol. The van der Waals surface area contributed by atoms with Gasteiger partial charge in [-0.25, -0.2) is 13.1 Å². The summed E-state index contributed by atoms with van der Waals surface area (Å²) in [7, 11) is -1.66. The topological polar surface area (TPSA) is 67.4 Å². The summed E-state index contributed by atoms with van der Waals surface area (Å²) in [6, 6.07) is 0. The Morgan fingerprint density at radius 1 is 1.47 bits per heavy atom. The first kappa shape index (κ1) is 14.9. The first-order valence-corrected chi connectivity index (χ1v) is 7.71. The van der Waals surface area contributed by atoms with E-state index in [-0.39, 0.29) is 11.7 Å². The Morgan fingerprint density at radius 2 is 2.18 bits per heavy atom. The average Bonchev–Trinajstić information content (AvgIpc) is 2.15. The van der Waals surface area contributed by atoms with Crippen LogP contribution < -0.4 is 10.0 Å². The van der Waals surface area contributed by atoms with Crippen molar-refractivity contribution in [3.8, 4) is 0 Å². The number of rotatable bonds is 6. The monoisotopic (exact) mass is 264 g/mol. The minimum atomic E-state index is -3.23. The first-order chi connectivity index (χ1) is 7.85. The summed E-state index contributed by atoms with van der Waals surface area (Å²) < 4.78 is 31.7. The molecular formula is C11H24N2O3S. The lowest BCUT2D eigenvalue weighted by Gasteiger charge is -2.28. The molecule has 102 valence electrons. The van der Waals surface area contributed by atoms with E-state index in [1.165, 1.54) is 0 Å². The first-order valence-electron chi connectivity index (χ1n) is 6.06. The standard InChI is InChI=1S/C11H24N2O3S/c1-11(2,9-16-3)13-17(14,15)8-10-5-4-6-12-7-10/h10,12-13H,4-9H2,1-3H3. The fraction of sp³-hybridized carbons (Fsp3) is 1.00. The number of nitrogens with one attached hydrogen (secondary N) is 2. The molecule has 0 aromatic rings. The number of methoxy groups -OCH3 is 1. The van der Waals surface area contributed by atoms with Crippen molar-refractivity contribution in [3.63, 3.8) is 0 Å². The quantitative estimate of drug-likeness (QED) is 0.725. The van der Waals surface area contributed by atoms with Gasteiger partial charge in [-0.2, -0.15) is 0 Å². The van der Waals surface area contributed by atoms with E-state index < -0.39 is 15.6 Å². The smallest absolute Gasteiger partial charge is 0.212 e. The minimum Gasteiger partial charge on any atom is -0.383 e. The highest BCUT2D eigenvalue weighted by atomic mass is 32.2. The van der Waals surface area contributed by atoms with Crippen LogP contribution in [-0.4, -0.2) is 46.5 Å².